The Hall–Kier alpha value is 0. The van der Waals surface area contributed by atoms with E-state index in [9.17, 15) is 0 Å². The van der Waals surface area contributed by atoms with Gasteiger partial charge >= 0.3 is 0 Å². The summed E-state index contributed by atoms with van der Waals surface area (Å²) in [5.74, 6) is 1.95. The molecule has 0 radical (unpaired) electrons. The van der Waals surface area contributed by atoms with Crippen LogP contribution in [-0.2, 0) is 0 Å². The van der Waals surface area contributed by atoms with Crippen LogP contribution in [0.2, 0.25) is 0 Å². The summed E-state index contributed by atoms with van der Waals surface area (Å²) in [5, 5.41) is 0. The highest BCUT2D eigenvalue weighted by Crippen LogP contribution is 2.21. The molecule has 80 valence electrons. The maximum Gasteiger partial charge on any atom is -0.0419 e. The smallest absolute Gasteiger partial charge is 0.0419 e. The van der Waals surface area contributed by atoms with Gasteiger partial charge in [0.15, 0.2) is 0 Å². The molecule has 0 spiro atoms. The van der Waals surface area contributed by atoms with Gasteiger partial charge in [-0.3, -0.25) is 0 Å². The van der Waals surface area contributed by atoms with Crippen molar-refractivity contribution in [3.63, 3.8) is 0 Å². The van der Waals surface area contributed by atoms with Crippen LogP contribution in [0.1, 0.15) is 72.6 Å². The van der Waals surface area contributed by atoms with Gasteiger partial charge in [0.05, 0.1) is 0 Å². The number of rotatable bonds is 8. The van der Waals surface area contributed by atoms with Crippen LogP contribution in [0, 0.1) is 11.8 Å². The molecule has 0 aliphatic rings. The molecule has 0 fully saturated rings. The first-order chi connectivity index (χ1) is 6.24. The maximum atomic E-state index is 2.41. The third-order valence-corrected chi connectivity index (χ3v) is 3.27. The van der Waals surface area contributed by atoms with Crippen molar-refractivity contribution in [2.24, 2.45) is 11.8 Å². The van der Waals surface area contributed by atoms with E-state index in [0.717, 1.165) is 11.8 Å². The highest BCUT2D eigenvalue weighted by Gasteiger charge is 2.06. The van der Waals surface area contributed by atoms with Gasteiger partial charge in [0.1, 0.15) is 0 Å². The highest BCUT2D eigenvalue weighted by molar-refractivity contribution is 4.59. The van der Waals surface area contributed by atoms with E-state index in [1.807, 2.05) is 0 Å². The van der Waals surface area contributed by atoms with Crippen molar-refractivity contribution in [3.8, 4) is 0 Å². The van der Waals surface area contributed by atoms with Crippen molar-refractivity contribution < 1.29 is 0 Å². The molecule has 0 bridgehead atoms. The van der Waals surface area contributed by atoms with E-state index in [4.69, 9.17) is 0 Å². The van der Waals surface area contributed by atoms with Gasteiger partial charge in [0.25, 0.3) is 0 Å². The number of unbranched alkanes of at least 4 members (excludes halogenated alkanes) is 1. The fourth-order valence-corrected chi connectivity index (χ4v) is 1.91. The average Bonchev–Trinajstić information content (AvgIpc) is 2.16. The average molecular weight is 184 g/mol. The molecule has 0 aromatic heterocycles. The van der Waals surface area contributed by atoms with E-state index in [1.54, 1.807) is 0 Å². The van der Waals surface area contributed by atoms with Crippen LogP contribution in [0.25, 0.3) is 0 Å². The molecule has 0 heterocycles. The fourth-order valence-electron chi connectivity index (χ4n) is 1.91. The highest BCUT2D eigenvalue weighted by atomic mass is 14.1. The third kappa shape index (κ3) is 7.10. The predicted molar refractivity (Wildman–Crippen MR) is 62.0 cm³/mol. The Morgan fingerprint density at radius 3 is 1.92 bits per heavy atom. The Labute approximate surface area is 85.1 Å². The standard InChI is InChI=1S/C13H28/c1-5-8-9-12(4)10-11-13(6-2)7-3/h12-13H,5-11H2,1-4H3. The Morgan fingerprint density at radius 1 is 0.846 bits per heavy atom. The molecule has 1 unspecified atom stereocenters. The minimum atomic E-state index is 0.959. The molecule has 0 N–H and O–H groups in total. The summed E-state index contributed by atoms with van der Waals surface area (Å²) in [6.45, 7) is 9.35. The predicted octanol–water partition coefficient (Wildman–Crippen LogP) is 5.03. The largest absolute Gasteiger partial charge is 0.0654 e. The first-order valence-corrected chi connectivity index (χ1v) is 6.24. The van der Waals surface area contributed by atoms with E-state index < -0.39 is 0 Å². The Bertz CT molecular complexity index is 92.2. The van der Waals surface area contributed by atoms with E-state index in [2.05, 4.69) is 27.7 Å². The van der Waals surface area contributed by atoms with Crippen molar-refractivity contribution in [2.45, 2.75) is 72.6 Å². The van der Waals surface area contributed by atoms with Gasteiger partial charge < -0.3 is 0 Å². The van der Waals surface area contributed by atoms with Crippen LogP contribution in [0.4, 0.5) is 0 Å². The Kier molecular flexibility index (Phi) is 8.59. The first kappa shape index (κ1) is 13.0. The summed E-state index contributed by atoms with van der Waals surface area (Å²) in [5.41, 5.74) is 0. The molecule has 0 amide bonds. The van der Waals surface area contributed by atoms with Gasteiger partial charge in [-0.05, 0) is 11.8 Å². The lowest BCUT2D eigenvalue weighted by atomic mass is 9.91. The maximum absolute atomic E-state index is 2.41. The molecule has 0 aromatic carbocycles. The Morgan fingerprint density at radius 2 is 1.46 bits per heavy atom. The van der Waals surface area contributed by atoms with Crippen molar-refractivity contribution in [2.75, 3.05) is 0 Å². The fraction of sp³-hybridized carbons (Fsp3) is 1.00. The zero-order valence-electron chi connectivity index (χ0n) is 10.1. The van der Waals surface area contributed by atoms with Gasteiger partial charge in [0.2, 0.25) is 0 Å². The Balaban J connectivity index is 3.38. The van der Waals surface area contributed by atoms with Gasteiger partial charge in [0, 0.05) is 0 Å². The van der Waals surface area contributed by atoms with Crippen LogP contribution in [0.15, 0.2) is 0 Å². The molecule has 13 heavy (non-hydrogen) atoms. The molecule has 0 saturated heterocycles. The summed E-state index contributed by atoms with van der Waals surface area (Å²) in [6, 6.07) is 0. The summed E-state index contributed by atoms with van der Waals surface area (Å²) in [6.07, 6.45) is 9.87. The van der Waals surface area contributed by atoms with Gasteiger partial charge in [-0.15, -0.1) is 0 Å². The molecular formula is C13H28. The zero-order valence-corrected chi connectivity index (χ0v) is 10.1. The van der Waals surface area contributed by atoms with Crippen molar-refractivity contribution >= 4 is 0 Å². The van der Waals surface area contributed by atoms with Crippen LogP contribution in [0.3, 0.4) is 0 Å². The van der Waals surface area contributed by atoms with Crippen molar-refractivity contribution in [3.05, 3.63) is 0 Å². The second-order valence-electron chi connectivity index (χ2n) is 4.51. The number of hydrogen-bond donors (Lipinski definition) is 0. The second kappa shape index (κ2) is 8.59. The summed E-state index contributed by atoms with van der Waals surface area (Å²) < 4.78 is 0. The van der Waals surface area contributed by atoms with Crippen LogP contribution in [-0.4, -0.2) is 0 Å². The molecule has 0 rings (SSSR count). The minimum absolute atomic E-state index is 0.959. The molecule has 0 saturated carbocycles. The lowest BCUT2D eigenvalue weighted by molar-refractivity contribution is 0.373. The van der Waals surface area contributed by atoms with Gasteiger partial charge in [-0.1, -0.05) is 72.6 Å². The molecule has 0 aliphatic carbocycles. The molecule has 0 aromatic rings. The third-order valence-electron chi connectivity index (χ3n) is 3.27. The first-order valence-electron chi connectivity index (χ1n) is 6.24. The molecule has 0 heteroatoms. The van der Waals surface area contributed by atoms with Crippen LogP contribution >= 0.6 is 0 Å². The quantitative estimate of drug-likeness (QED) is 0.496. The summed E-state index contributed by atoms with van der Waals surface area (Å²) in [4.78, 5) is 0. The van der Waals surface area contributed by atoms with E-state index >= 15 is 0 Å². The second-order valence-corrected chi connectivity index (χ2v) is 4.51. The van der Waals surface area contributed by atoms with Crippen molar-refractivity contribution in [1.82, 2.24) is 0 Å². The van der Waals surface area contributed by atoms with Crippen LogP contribution in [0.5, 0.6) is 0 Å². The zero-order chi connectivity index (χ0) is 10.1. The number of hydrogen-bond acceptors (Lipinski definition) is 0. The molecule has 0 aliphatic heterocycles. The monoisotopic (exact) mass is 184 g/mol. The molecular weight excluding hydrogens is 156 g/mol. The minimum Gasteiger partial charge on any atom is -0.0654 e. The van der Waals surface area contributed by atoms with Crippen LogP contribution < -0.4 is 0 Å². The summed E-state index contributed by atoms with van der Waals surface area (Å²) >= 11 is 0. The molecule has 0 nitrogen and oxygen atoms in total. The lowest BCUT2D eigenvalue weighted by Gasteiger charge is -2.15. The summed E-state index contributed by atoms with van der Waals surface area (Å²) in [7, 11) is 0. The van der Waals surface area contributed by atoms with Gasteiger partial charge in [-0.25, -0.2) is 0 Å². The van der Waals surface area contributed by atoms with E-state index in [-0.39, 0.29) is 0 Å². The lowest BCUT2D eigenvalue weighted by Crippen LogP contribution is -2.01. The normalized spacial score (nSPS) is 13.6. The van der Waals surface area contributed by atoms with Gasteiger partial charge in [-0.2, -0.15) is 0 Å². The SMILES string of the molecule is CCCCC(C)CCC(CC)CC. The molecule has 1 atom stereocenters. The van der Waals surface area contributed by atoms with Crippen molar-refractivity contribution in [1.29, 1.82) is 0 Å². The van der Waals surface area contributed by atoms with E-state index in [1.165, 1.54) is 44.9 Å². The topological polar surface area (TPSA) is 0 Å². The van der Waals surface area contributed by atoms with E-state index in [0.29, 0.717) is 0 Å².